The van der Waals surface area contributed by atoms with Crippen molar-refractivity contribution in [2.24, 2.45) is 11.7 Å². The Morgan fingerprint density at radius 3 is 2.35 bits per heavy atom. The standard InChI is InChI=1S/C11H22F4N2/c1-2-9(5-6-16)4-3-7-17-8-11(14,15)10(12)13/h9-10,17H,2-8,16H2,1H3. The Morgan fingerprint density at radius 1 is 1.24 bits per heavy atom. The van der Waals surface area contributed by atoms with Gasteiger partial charge in [-0.05, 0) is 38.3 Å². The summed E-state index contributed by atoms with van der Waals surface area (Å²) in [6.07, 6.45) is -0.0806. The second-order valence-electron chi connectivity index (χ2n) is 4.23. The maximum Gasteiger partial charge on any atom is 0.319 e. The molecule has 0 aliphatic rings. The van der Waals surface area contributed by atoms with E-state index in [0.717, 1.165) is 19.3 Å². The van der Waals surface area contributed by atoms with Crippen LogP contribution in [-0.4, -0.2) is 32.0 Å². The van der Waals surface area contributed by atoms with Gasteiger partial charge in [-0.3, -0.25) is 0 Å². The van der Waals surface area contributed by atoms with Crippen LogP contribution in [0.2, 0.25) is 0 Å². The van der Waals surface area contributed by atoms with Crippen LogP contribution in [0.1, 0.15) is 32.6 Å². The molecular weight excluding hydrogens is 236 g/mol. The quantitative estimate of drug-likeness (QED) is 0.467. The highest BCUT2D eigenvalue weighted by Crippen LogP contribution is 2.21. The first kappa shape index (κ1) is 16.6. The average molecular weight is 258 g/mol. The predicted molar refractivity (Wildman–Crippen MR) is 60.5 cm³/mol. The third kappa shape index (κ3) is 7.54. The number of hydrogen-bond donors (Lipinski definition) is 2. The van der Waals surface area contributed by atoms with Crippen LogP contribution in [0.15, 0.2) is 0 Å². The van der Waals surface area contributed by atoms with E-state index >= 15 is 0 Å². The first-order valence-electron chi connectivity index (χ1n) is 6.00. The van der Waals surface area contributed by atoms with E-state index in [-0.39, 0.29) is 0 Å². The monoisotopic (exact) mass is 258 g/mol. The van der Waals surface area contributed by atoms with Crippen molar-refractivity contribution in [1.29, 1.82) is 0 Å². The first-order chi connectivity index (χ1) is 7.94. The maximum atomic E-state index is 12.5. The van der Waals surface area contributed by atoms with Crippen molar-refractivity contribution in [2.45, 2.75) is 45.0 Å². The second kappa shape index (κ2) is 8.69. The van der Waals surface area contributed by atoms with Crippen LogP contribution < -0.4 is 11.1 Å². The zero-order valence-electron chi connectivity index (χ0n) is 10.2. The Kier molecular flexibility index (Phi) is 8.51. The molecule has 104 valence electrons. The SMILES string of the molecule is CCC(CCN)CCCNCC(F)(F)C(F)F. The number of halogens is 4. The van der Waals surface area contributed by atoms with E-state index in [1.807, 2.05) is 0 Å². The van der Waals surface area contributed by atoms with Crippen molar-refractivity contribution < 1.29 is 17.6 Å². The van der Waals surface area contributed by atoms with Gasteiger partial charge in [0, 0.05) is 0 Å². The summed E-state index contributed by atoms with van der Waals surface area (Å²) in [6.45, 7) is 2.05. The number of alkyl halides is 4. The lowest BCUT2D eigenvalue weighted by molar-refractivity contribution is -0.125. The van der Waals surface area contributed by atoms with Crippen molar-refractivity contribution >= 4 is 0 Å². The van der Waals surface area contributed by atoms with Gasteiger partial charge < -0.3 is 11.1 Å². The van der Waals surface area contributed by atoms with Gasteiger partial charge in [0.15, 0.2) is 0 Å². The molecule has 0 aromatic heterocycles. The van der Waals surface area contributed by atoms with Gasteiger partial charge in [0.2, 0.25) is 0 Å². The Hall–Kier alpha value is -0.360. The van der Waals surface area contributed by atoms with Gasteiger partial charge in [-0.2, -0.15) is 8.78 Å². The molecule has 1 atom stereocenters. The molecule has 0 aromatic rings. The Bertz CT molecular complexity index is 188. The van der Waals surface area contributed by atoms with Gasteiger partial charge in [-0.1, -0.05) is 13.3 Å². The summed E-state index contributed by atoms with van der Waals surface area (Å²) in [6, 6.07) is 0. The number of nitrogens with two attached hydrogens (primary N) is 1. The molecular formula is C11H22F4N2. The molecule has 6 heteroatoms. The first-order valence-corrected chi connectivity index (χ1v) is 6.00. The Morgan fingerprint density at radius 2 is 1.88 bits per heavy atom. The van der Waals surface area contributed by atoms with E-state index in [9.17, 15) is 17.6 Å². The predicted octanol–water partition coefficient (Wildman–Crippen LogP) is 2.63. The van der Waals surface area contributed by atoms with Crippen LogP contribution in [0.4, 0.5) is 17.6 Å². The van der Waals surface area contributed by atoms with Crippen molar-refractivity contribution in [3.05, 3.63) is 0 Å². The molecule has 0 aliphatic heterocycles. The summed E-state index contributed by atoms with van der Waals surface area (Å²) in [4.78, 5) is 0. The topological polar surface area (TPSA) is 38.0 Å². The molecule has 17 heavy (non-hydrogen) atoms. The fourth-order valence-electron chi connectivity index (χ4n) is 1.64. The molecule has 0 fully saturated rings. The second-order valence-corrected chi connectivity index (χ2v) is 4.23. The van der Waals surface area contributed by atoms with Crippen LogP contribution in [0.3, 0.4) is 0 Å². The van der Waals surface area contributed by atoms with Crippen molar-refractivity contribution in [2.75, 3.05) is 19.6 Å². The number of hydrogen-bond acceptors (Lipinski definition) is 2. The average Bonchev–Trinajstić information content (AvgIpc) is 2.26. The minimum absolute atomic E-state index is 0.337. The van der Waals surface area contributed by atoms with Gasteiger partial charge in [-0.15, -0.1) is 0 Å². The third-order valence-electron chi connectivity index (χ3n) is 2.80. The molecule has 0 aliphatic carbocycles. The normalized spacial score (nSPS) is 14.3. The molecule has 0 heterocycles. The Balaban J connectivity index is 3.58. The van der Waals surface area contributed by atoms with Crippen LogP contribution in [-0.2, 0) is 0 Å². The van der Waals surface area contributed by atoms with Gasteiger partial charge in [0.05, 0.1) is 6.54 Å². The summed E-state index contributed by atoms with van der Waals surface area (Å²) in [7, 11) is 0. The highest BCUT2D eigenvalue weighted by molar-refractivity contribution is 4.72. The molecule has 0 aromatic carbocycles. The highest BCUT2D eigenvalue weighted by Gasteiger charge is 2.39. The smallest absolute Gasteiger partial charge is 0.319 e. The molecule has 0 amide bonds. The van der Waals surface area contributed by atoms with Gasteiger partial charge in [0.1, 0.15) is 0 Å². The van der Waals surface area contributed by atoms with Crippen LogP contribution in [0, 0.1) is 5.92 Å². The summed E-state index contributed by atoms with van der Waals surface area (Å²) in [5.74, 6) is -3.43. The van der Waals surface area contributed by atoms with Crippen molar-refractivity contribution in [3.63, 3.8) is 0 Å². The van der Waals surface area contributed by atoms with Gasteiger partial charge >= 0.3 is 12.3 Å². The molecule has 0 saturated heterocycles. The molecule has 2 nitrogen and oxygen atoms in total. The fraction of sp³-hybridized carbons (Fsp3) is 1.00. The van der Waals surface area contributed by atoms with Crippen LogP contribution in [0.25, 0.3) is 0 Å². The van der Waals surface area contributed by atoms with E-state index < -0.39 is 18.9 Å². The maximum absolute atomic E-state index is 12.5. The number of nitrogens with one attached hydrogen (secondary N) is 1. The zero-order chi connectivity index (χ0) is 13.3. The van der Waals surface area contributed by atoms with Crippen molar-refractivity contribution in [1.82, 2.24) is 5.32 Å². The lowest BCUT2D eigenvalue weighted by Gasteiger charge is -2.17. The summed E-state index contributed by atoms with van der Waals surface area (Å²) in [5.41, 5.74) is 5.43. The van der Waals surface area contributed by atoms with Gasteiger partial charge in [0.25, 0.3) is 0 Å². The van der Waals surface area contributed by atoms with Gasteiger partial charge in [-0.25, -0.2) is 8.78 Å². The van der Waals surface area contributed by atoms with Crippen LogP contribution in [0.5, 0.6) is 0 Å². The molecule has 0 rings (SSSR count). The highest BCUT2D eigenvalue weighted by atomic mass is 19.3. The summed E-state index contributed by atoms with van der Waals surface area (Å²) in [5, 5.41) is 2.37. The lowest BCUT2D eigenvalue weighted by atomic mass is 9.97. The summed E-state index contributed by atoms with van der Waals surface area (Å²) >= 11 is 0. The van der Waals surface area contributed by atoms with E-state index in [1.165, 1.54) is 0 Å². The third-order valence-corrected chi connectivity index (χ3v) is 2.80. The minimum Gasteiger partial charge on any atom is -0.330 e. The minimum atomic E-state index is -3.93. The lowest BCUT2D eigenvalue weighted by Crippen LogP contribution is -2.39. The van der Waals surface area contributed by atoms with Crippen LogP contribution >= 0.6 is 0 Å². The summed E-state index contributed by atoms with van der Waals surface area (Å²) < 4.78 is 48.6. The van der Waals surface area contributed by atoms with Crippen molar-refractivity contribution in [3.8, 4) is 0 Å². The number of rotatable bonds is 10. The Labute approximate surface area is 99.9 Å². The molecule has 0 bridgehead atoms. The molecule has 0 radical (unpaired) electrons. The van der Waals surface area contributed by atoms with E-state index in [0.29, 0.717) is 25.4 Å². The van der Waals surface area contributed by atoms with E-state index in [2.05, 4.69) is 12.2 Å². The molecule has 0 spiro atoms. The molecule has 0 saturated carbocycles. The molecule has 1 unspecified atom stereocenters. The fourth-order valence-corrected chi connectivity index (χ4v) is 1.64. The molecule has 3 N–H and O–H groups in total. The van der Waals surface area contributed by atoms with E-state index in [4.69, 9.17) is 5.73 Å². The van der Waals surface area contributed by atoms with E-state index in [1.54, 1.807) is 0 Å². The zero-order valence-corrected chi connectivity index (χ0v) is 10.2. The largest absolute Gasteiger partial charge is 0.330 e.